The molecule has 0 bridgehead atoms. The van der Waals surface area contributed by atoms with Gasteiger partial charge in [-0.05, 0) is 25.8 Å². The van der Waals surface area contributed by atoms with Crippen LogP contribution in [0.15, 0.2) is 0 Å². The number of piperidine rings is 1. The number of hydrogen-bond donors (Lipinski definition) is 0. The largest absolute Gasteiger partial charge is 0.288 e. The number of fused-ring (bicyclic) bond motifs is 1. The molecule has 2 heteroatoms. The van der Waals surface area contributed by atoms with Gasteiger partial charge in [-0.15, -0.1) is 0 Å². The summed E-state index contributed by atoms with van der Waals surface area (Å²) in [4.78, 5) is 2.21. The van der Waals surface area contributed by atoms with Gasteiger partial charge in [0.1, 0.15) is 0 Å². The fourth-order valence-electron chi connectivity index (χ4n) is 1.81. The smallest absolute Gasteiger partial charge is 0.0981 e. The van der Waals surface area contributed by atoms with Gasteiger partial charge in [0.25, 0.3) is 0 Å². The maximum Gasteiger partial charge on any atom is 0.0981 e. The fourth-order valence-corrected chi connectivity index (χ4v) is 1.81. The van der Waals surface area contributed by atoms with Crippen LogP contribution in [0.2, 0.25) is 0 Å². The van der Waals surface area contributed by atoms with Crippen LogP contribution in [-0.2, 0) is 0 Å². The summed E-state index contributed by atoms with van der Waals surface area (Å²) >= 11 is 0. The van der Waals surface area contributed by atoms with E-state index in [9.17, 15) is 0 Å². The third kappa shape index (κ3) is 0.585. The SMILES string of the molecule is CN1C(C#N)CC2CC21. The van der Waals surface area contributed by atoms with Crippen LogP contribution in [0.4, 0.5) is 0 Å². The molecule has 3 unspecified atom stereocenters. The first kappa shape index (κ1) is 5.25. The summed E-state index contributed by atoms with van der Waals surface area (Å²) in [6.45, 7) is 0. The normalized spacial score (nSPS) is 48.2. The number of rotatable bonds is 0. The number of nitriles is 1. The van der Waals surface area contributed by atoms with Crippen LogP contribution in [0, 0.1) is 17.2 Å². The monoisotopic (exact) mass is 122 g/mol. The van der Waals surface area contributed by atoms with Gasteiger partial charge in [0.15, 0.2) is 0 Å². The van der Waals surface area contributed by atoms with Crippen molar-refractivity contribution in [3.05, 3.63) is 0 Å². The maximum absolute atomic E-state index is 8.58. The van der Waals surface area contributed by atoms with Crippen LogP contribution in [-0.4, -0.2) is 24.0 Å². The lowest BCUT2D eigenvalue weighted by Crippen LogP contribution is -2.26. The second-order valence-corrected chi connectivity index (χ2v) is 3.11. The number of likely N-dealkylation sites (tertiary alicyclic amines) is 1. The van der Waals surface area contributed by atoms with E-state index in [1.54, 1.807) is 0 Å². The van der Waals surface area contributed by atoms with Crippen LogP contribution in [0.1, 0.15) is 12.8 Å². The van der Waals surface area contributed by atoms with Crippen molar-refractivity contribution < 1.29 is 0 Å². The quantitative estimate of drug-likeness (QED) is 0.470. The summed E-state index contributed by atoms with van der Waals surface area (Å²) in [5.41, 5.74) is 0. The van der Waals surface area contributed by atoms with Gasteiger partial charge in [-0.1, -0.05) is 0 Å². The highest BCUT2D eigenvalue weighted by atomic mass is 15.2. The number of nitrogens with zero attached hydrogens (tertiary/aromatic N) is 2. The second-order valence-electron chi connectivity index (χ2n) is 3.11. The van der Waals surface area contributed by atoms with Crippen LogP contribution in [0.25, 0.3) is 0 Å². The summed E-state index contributed by atoms with van der Waals surface area (Å²) < 4.78 is 0. The standard InChI is InChI=1S/C7H10N2/c1-9-6(4-8)2-5-3-7(5)9/h5-7H,2-3H2,1H3. The van der Waals surface area contributed by atoms with Crippen LogP contribution >= 0.6 is 0 Å². The second kappa shape index (κ2) is 1.48. The van der Waals surface area contributed by atoms with Crippen molar-refractivity contribution in [1.82, 2.24) is 4.90 Å². The van der Waals surface area contributed by atoms with E-state index >= 15 is 0 Å². The summed E-state index contributed by atoms with van der Waals surface area (Å²) in [6.07, 6.45) is 2.46. The molecule has 2 aliphatic rings. The summed E-state index contributed by atoms with van der Waals surface area (Å²) in [5.74, 6) is 0.875. The molecule has 1 aliphatic carbocycles. The highest BCUT2D eigenvalue weighted by molar-refractivity contribution is 5.10. The van der Waals surface area contributed by atoms with E-state index in [1.165, 1.54) is 6.42 Å². The molecule has 1 aliphatic heterocycles. The molecule has 0 aromatic carbocycles. The first-order valence-corrected chi connectivity index (χ1v) is 3.44. The third-order valence-electron chi connectivity index (χ3n) is 2.58. The average Bonchev–Trinajstić information content (AvgIpc) is 2.55. The zero-order valence-corrected chi connectivity index (χ0v) is 5.54. The molecule has 1 saturated carbocycles. The topological polar surface area (TPSA) is 27.0 Å². The molecule has 0 aromatic heterocycles. The van der Waals surface area contributed by atoms with E-state index in [-0.39, 0.29) is 6.04 Å². The van der Waals surface area contributed by atoms with E-state index in [2.05, 4.69) is 18.0 Å². The van der Waals surface area contributed by atoms with E-state index < -0.39 is 0 Å². The minimum atomic E-state index is 0.230. The van der Waals surface area contributed by atoms with Crippen molar-refractivity contribution >= 4 is 0 Å². The van der Waals surface area contributed by atoms with E-state index in [1.807, 2.05) is 0 Å². The molecule has 0 spiro atoms. The molecule has 2 rings (SSSR count). The first-order valence-electron chi connectivity index (χ1n) is 3.44. The fraction of sp³-hybridized carbons (Fsp3) is 0.857. The summed E-state index contributed by atoms with van der Waals surface area (Å²) in [6, 6.07) is 3.30. The molecule has 0 radical (unpaired) electrons. The predicted molar refractivity (Wildman–Crippen MR) is 33.7 cm³/mol. The van der Waals surface area contributed by atoms with Crippen molar-refractivity contribution in [2.24, 2.45) is 5.92 Å². The third-order valence-corrected chi connectivity index (χ3v) is 2.58. The van der Waals surface area contributed by atoms with Gasteiger partial charge in [0, 0.05) is 6.04 Å². The molecule has 3 atom stereocenters. The Kier molecular flexibility index (Phi) is 0.866. The molecular weight excluding hydrogens is 112 g/mol. The number of hydrogen-bond acceptors (Lipinski definition) is 2. The Morgan fingerprint density at radius 3 is 2.67 bits per heavy atom. The van der Waals surface area contributed by atoms with E-state index in [0.717, 1.165) is 18.4 Å². The van der Waals surface area contributed by atoms with Gasteiger partial charge in [-0.2, -0.15) is 5.26 Å². The summed E-state index contributed by atoms with van der Waals surface area (Å²) in [7, 11) is 2.06. The van der Waals surface area contributed by atoms with Crippen molar-refractivity contribution in [2.45, 2.75) is 24.9 Å². The van der Waals surface area contributed by atoms with Crippen LogP contribution in [0.3, 0.4) is 0 Å². The molecule has 2 nitrogen and oxygen atoms in total. The summed E-state index contributed by atoms with van der Waals surface area (Å²) in [5, 5.41) is 8.58. The molecule has 2 fully saturated rings. The van der Waals surface area contributed by atoms with Crippen LogP contribution < -0.4 is 0 Å². The van der Waals surface area contributed by atoms with Crippen molar-refractivity contribution in [3.8, 4) is 6.07 Å². The lowest BCUT2D eigenvalue weighted by molar-refractivity contribution is 0.316. The van der Waals surface area contributed by atoms with Gasteiger partial charge in [0.2, 0.25) is 0 Å². The average molecular weight is 122 g/mol. The Labute approximate surface area is 55.1 Å². The lowest BCUT2D eigenvalue weighted by atomic mass is 10.2. The Balaban J connectivity index is 2.10. The van der Waals surface area contributed by atoms with E-state index in [0.29, 0.717) is 0 Å². The molecule has 0 amide bonds. The molecule has 48 valence electrons. The lowest BCUT2D eigenvalue weighted by Gasteiger charge is -2.14. The van der Waals surface area contributed by atoms with Gasteiger partial charge < -0.3 is 0 Å². The molecule has 9 heavy (non-hydrogen) atoms. The highest BCUT2D eigenvalue weighted by Crippen LogP contribution is 2.46. The van der Waals surface area contributed by atoms with E-state index in [4.69, 9.17) is 5.26 Å². The van der Waals surface area contributed by atoms with Crippen molar-refractivity contribution in [3.63, 3.8) is 0 Å². The maximum atomic E-state index is 8.58. The minimum Gasteiger partial charge on any atom is -0.288 e. The van der Waals surface area contributed by atoms with Gasteiger partial charge in [-0.3, -0.25) is 4.90 Å². The van der Waals surface area contributed by atoms with Crippen LogP contribution in [0.5, 0.6) is 0 Å². The first-order chi connectivity index (χ1) is 4.33. The molecular formula is C7H10N2. The highest BCUT2D eigenvalue weighted by Gasteiger charge is 2.50. The Morgan fingerprint density at radius 2 is 2.33 bits per heavy atom. The van der Waals surface area contributed by atoms with Gasteiger partial charge in [0.05, 0.1) is 12.1 Å². The van der Waals surface area contributed by atoms with Crippen molar-refractivity contribution in [1.29, 1.82) is 5.26 Å². The predicted octanol–water partition coefficient (Wildman–Crippen LogP) is 0.603. The zero-order chi connectivity index (χ0) is 6.43. The Morgan fingerprint density at radius 1 is 1.56 bits per heavy atom. The molecule has 1 saturated heterocycles. The van der Waals surface area contributed by atoms with Crippen molar-refractivity contribution in [2.75, 3.05) is 7.05 Å². The zero-order valence-electron chi connectivity index (χ0n) is 5.54. The van der Waals surface area contributed by atoms with Gasteiger partial charge in [-0.25, -0.2) is 0 Å². The Hall–Kier alpha value is -0.550. The molecule has 1 heterocycles. The Bertz CT molecular complexity index is 170. The molecule has 0 aromatic rings. The van der Waals surface area contributed by atoms with Gasteiger partial charge >= 0.3 is 0 Å². The molecule has 0 N–H and O–H groups in total. The minimum absolute atomic E-state index is 0.230.